The van der Waals surface area contributed by atoms with E-state index in [0.717, 1.165) is 17.0 Å². The number of aromatic amines is 1. The van der Waals surface area contributed by atoms with Crippen LogP contribution in [-0.4, -0.2) is 31.1 Å². The van der Waals surface area contributed by atoms with Gasteiger partial charge in [-0.1, -0.05) is 18.2 Å². The maximum atomic E-state index is 12.9. The summed E-state index contributed by atoms with van der Waals surface area (Å²) in [6, 6.07) is 5.14. The molecule has 3 heterocycles. The highest BCUT2D eigenvalue weighted by molar-refractivity contribution is 7.16. The summed E-state index contributed by atoms with van der Waals surface area (Å²) in [5.41, 5.74) is 0.0686. The van der Waals surface area contributed by atoms with Crippen LogP contribution < -0.4 is 5.32 Å². The van der Waals surface area contributed by atoms with Gasteiger partial charge in [-0.3, -0.25) is 15.2 Å². The molecule has 7 nitrogen and oxygen atoms in total. The number of nitrogens with one attached hydrogen (secondary N) is 2. The third-order valence-electron chi connectivity index (χ3n) is 4.04. The van der Waals surface area contributed by atoms with Crippen LogP contribution in [-0.2, 0) is 12.6 Å². The number of carbonyl (C=O) groups excluding carboxylic acids is 1. The molecule has 4 rings (SSSR count). The van der Waals surface area contributed by atoms with Crippen LogP contribution in [0.25, 0.3) is 10.8 Å². The maximum absolute atomic E-state index is 12.9. The van der Waals surface area contributed by atoms with Crippen molar-refractivity contribution in [1.29, 1.82) is 0 Å². The predicted molar refractivity (Wildman–Crippen MR) is 107 cm³/mol. The van der Waals surface area contributed by atoms with Crippen molar-refractivity contribution in [1.82, 2.24) is 25.1 Å². The fourth-order valence-electron chi connectivity index (χ4n) is 2.68. The number of hydrogen-bond acceptors (Lipinski definition) is 7. The first kappa shape index (κ1) is 20.2. The van der Waals surface area contributed by atoms with Gasteiger partial charge in [0.25, 0.3) is 5.91 Å². The second-order valence-corrected chi connectivity index (χ2v) is 8.54. The number of hydrogen-bond donors (Lipinski definition) is 2. The number of nitrogens with zero attached hydrogens (tertiary/aromatic N) is 4. The van der Waals surface area contributed by atoms with Gasteiger partial charge in [-0.25, -0.2) is 15.0 Å². The first-order chi connectivity index (χ1) is 14.3. The monoisotopic (exact) mass is 450 g/mol. The van der Waals surface area contributed by atoms with E-state index < -0.39 is 17.6 Å². The third-order valence-corrected chi connectivity index (χ3v) is 5.93. The van der Waals surface area contributed by atoms with Gasteiger partial charge in [0.2, 0.25) is 0 Å². The van der Waals surface area contributed by atoms with Crippen molar-refractivity contribution in [2.45, 2.75) is 19.5 Å². The third kappa shape index (κ3) is 4.39. The molecule has 2 N–H and O–H groups in total. The zero-order valence-electron chi connectivity index (χ0n) is 15.3. The Bertz CT molecular complexity index is 1180. The predicted octanol–water partition coefficient (Wildman–Crippen LogP) is 4.56. The van der Waals surface area contributed by atoms with E-state index >= 15 is 0 Å². The van der Waals surface area contributed by atoms with Crippen molar-refractivity contribution in [3.05, 3.63) is 63.4 Å². The molecule has 0 bridgehead atoms. The molecule has 0 aliphatic heterocycles. The standard InChI is InChI=1S/C18H13F3N6OS2/c1-9-13(25-16(29-9)14-23-8-24-27-14)15(28)26-17-22-7-12(30-17)6-10-3-2-4-11(5-10)18(19,20)21/h2-5,7-8H,6H2,1H3,(H,22,26,28)(H,23,24,27). The Labute approximate surface area is 176 Å². The average molecular weight is 450 g/mol. The van der Waals surface area contributed by atoms with Crippen LogP contribution in [0.5, 0.6) is 0 Å². The molecular formula is C18H13F3N6OS2. The molecule has 4 aromatic rings. The van der Waals surface area contributed by atoms with Crippen molar-refractivity contribution >= 4 is 33.7 Å². The molecule has 0 saturated heterocycles. The molecule has 0 saturated carbocycles. The van der Waals surface area contributed by atoms with Crippen LogP contribution in [0.1, 0.15) is 31.4 Å². The van der Waals surface area contributed by atoms with Crippen LogP contribution in [0.4, 0.5) is 18.3 Å². The topological polar surface area (TPSA) is 96.5 Å². The summed E-state index contributed by atoms with van der Waals surface area (Å²) in [6.07, 6.45) is -1.22. The average Bonchev–Trinajstić information content (AvgIpc) is 3.42. The number of thiazole rings is 2. The molecule has 154 valence electrons. The molecule has 0 radical (unpaired) electrons. The molecule has 0 fully saturated rings. The van der Waals surface area contributed by atoms with Crippen molar-refractivity contribution < 1.29 is 18.0 Å². The SMILES string of the molecule is Cc1sc(-c2ncn[nH]2)nc1C(=O)Nc1ncc(Cc2cccc(C(F)(F)F)c2)s1. The van der Waals surface area contributed by atoms with Gasteiger partial charge in [0.15, 0.2) is 16.0 Å². The summed E-state index contributed by atoms with van der Waals surface area (Å²) in [7, 11) is 0. The van der Waals surface area contributed by atoms with E-state index in [1.807, 2.05) is 0 Å². The lowest BCUT2D eigenvalue weighted by Gasteiger charge is -2.07. The minimum absolute atomic E-state index is 0.251. The lowest BCUT2D eigenvalue weighted by Crippen LogP contribution is -2.13. The Balaban J connectivity index is 1.46. The Morgan fingerprint density at radius 3 is 2.80 bits per heavy atom. The van der Waals surface area contributed by atoms with Crippen molar-refractivity contribution in [2.24, 2.45) is 0 Å². The molecule has 0 atom stereocenters. The van der Waals surface area contributed by atoms with Gasteiger partial charge in [-0.15, -0.1) is 22.7 Å². The molecule has 0 unspecified atom stereocenters. The van der Waals surface area contributed by atoms with E-state index in [2.05, 4.69) is 30.5 Å². The van der Waals surface area contributed by atoms with Gasteiger partial charge in [0, 0.05) is 22.4 Å². The van der Waals surface area contributed by atoms with Crippen molar-refractivity contribution in [3.8, 4) is 10.8 Å². The van der Waals surface area contributed by atoms with Crippen LogP contribution >= 0.6 is 22.7 Å². The zero-order valence-corrected chi connectivity index (χ0v) is 17.0. The van der Waals surface area contributed by atoms with E-state index in [4.69, 9.17) is 0 Å². The second kappa shape index (κ2) is 7.95. The maximum Gasteiger partial charge on any atom is 0.416 e. The highest BCUT2D eigenvalue weighted by Crippen LogP contribution is 2.31. The number of halogens is 3. The van der Waals surface area contributed by atoms with Crippen molar-refractivity contribution in [3.63, 3.8) is 0 Å². The Morgan fingerprint density at radius 2 is 2.07 bits per heavy atom. The molecule has 0 aliphatic carbocycles. The van der Waals surface area contributed by atoms with Gasteiger partial charge in [-0.05, 0) is 18.6 Å². The smallest absolute Gasteiger partial charge is 0.296 e. The van der Waals surface area contributed by atoms with Gasteiger partial charge in [-0.2, -0.15) is 18.3 Å². The van der Waals surface area contributed by atoms with E-state index in [-0.39, 0.29) is 12.1 Å². The number of carbonyl (C=O) groups is 1. The summed E-state index contributed by atoms with van der Waals surface area (Å²) in [6.45, 7) is 1.77. The fraction of sp³-hybridized carbons (Fsp3) is 0.167. The molecule has 1 amide bonds. The number of aromatic nitrogens is 5. The normalized spacial score (nSPS) is 11.6. The number of rotatable bonds is 5. The minimum atomic E-state index is -4.39. The number of benzene rings is 1. The van der Waals surface area contributed by atoms with E-state index in [1.165, 1.54) is 41.3 Å². The Kier molecular flexibility index (Phi) is 5.35. The molecule has 0 spiro atoms. The lowest BCUT2D eigenvalue weighted by molar-refractivity contribution is -0.137. The zero-order chi connectivity index (χ0) is 21.3. The van der Waals surface area contributed by atoms with E-state index in [0.29, 0.717) is 26.4 Å². The molecule has 3 aromatic heterocycles. The highest BCUT2D eigenvalue weighted by Gasteiger charge is 2.30. The molecule has 30 heavy (non-hydrogen) atoms. The number of anilines is 1. The highest BCUT2D eigenvalue weighted by atomic mass is 32.1. The van der Waals surface area contributed by atoms with Gasteiger partial charge < -0.3 is 0 Å². The van der Waals surface area contributed by atoms with Crippen LogP contribution in [0.15, 0.2) is 36.8 Å². The minimum Gasteiger partial charge on any atom is -0.296 e. The summed E-state index contributed by atoms with van der Waals surface area (Å²) >= 11 is 2.50. The molecule has 12 heteroatoms. The number of alkyl halides is 3. The van der Waals surface area contributed by atoms with Gasteiger partial charge in [0.1, 0.15) is 12.0 Å². The molecular weight excluding hydrogens is 437 g/mol. The number of H-pyrrole nitrogens is 1. The molecule has 0 aliphatic rings. The van der Waals surface area contributed by atoms with Crippen LogP contribution in [0.2, 0.25) is 0 Å². The molecule has 1 aromatic carbocycles. The second-order valence-electron chi connectivity index (χ2n) is 6.22. The fourth-order valence-corrected chi connectivity index (χ4v) is 4.38. The van der Waals surface area contributed by atoms with Crippen molar-refractivity contribution in [2.75, 3.05) is 5.32 Å². The number of amides is 1. The largest absolute Gasteiger partial charge is 0.416 e. The van der Waals surface area contributed by atoms with Gasteiger partial charge in [0.05, 0.1) is 5.56 Å². The lowest BCUT2D eigenvalue weighted by atomic mass is 10.1. The van der Waals surface area contributed by atoms with E-state index in [9.17, 15) is 18.0 Å². The Hall–Kier alpha value is -3.12. The van der Waals surface area contributed by atoms with Crippen LogP contribution in [0.3, 0.4) is 0 Å². The quantitative estimate of drug-likeness (QED) is 0.465. The van der Waals surface area contributed by atoms with Crippen LogP contribution in [0, 0.1) is 6.92 Å². The number of aryl methyl sites for hydroxylation is 1. The Morgan fingerprint density at radius 1 is 1.23 bits per heavy atom. The first-order valence-corrected chi connectivity index (χ1v) is 10.2. The summed E-state index contributed by atoms with van der Waals surface area (Å²) in [4.78, 5) is 26.5. The van der Waals surface area contributed by atoms with Gasteiger partial charge >= 0.3 is 6.18 Å². The summed E-state index contributed by atoms with van der Waals surface area (Å²) in [5, 5.41) is 10.0. The van der Waals surface area contributed by atoms with E-state index in [1.54, 1.807) is 13.0 Å². The summed E-state index contributed by atoms with van der Waals surface area (Å²) < 4.78 is 38.6. The first-order valence-electron chi connectivity index (χ1n) is 8.55. The summed E-state index contributed by atoms with van der Waals surface area (Å²) in [5.74, 6) is 0.0502.